The van der Waals surface area contributed by atoms with E-state index in [-0.39, 0.29) is 0 Å². The van der Waals surface area contributed by atoms with Gasteiger partial charge in [-0.05, 0) is 31.1 Å². The van der Waals surface area contributed by atoms with Gasteiger partial charge in [-0.3, -0.25) is 0 Å². The molecule has 12 heavy (non-hydrogen) atoms. The van der Waals surface area contributed by atoms with Crippen molar-refractivity contribution in [3.63, 3.8) is 0 Å². The predicted octanol–water partition coefficient (Wildman–Crippen LogP) is 1.08. The minimum atomic E-state index is -4.41. The van der Waals surface area contributed by atoms with Crippen LogP contribution in [0.5, 0.6) is 0 Å². The van der Waals surface area contributed by atoms with Gasteiger partial charge in [0.05, 0.1) is 0 Å². The lowest BCUT2D eigenvalue weighted by molar-refractivity contribution is 0.249. The summed E-state index contributed by atoms with van der Waals surface area (Å²) in [5.41, 5.74) is 0.404. The summed E-state index contributed by atoms with van der Waals surface area (Å²) in [5, 5.41) is 0. The summed E-state index contributed by atoms with van der Waals surface area (Å²) < 4.78 is 34.3. The van der Waals surface area contributed by atoms with E-state index in [1.165, 1.54) is 12.8 Å². The third-order valence-corrected chi connectivity index (χ3v) is 4.03. The second kappa shape index (κ2) is 2.42. The van der Waals surface area contributed by atoms with Gasteiger partial charge in [0.15, 0.2) is 0 Å². The van der Waals surface area contributed by atoms with E-state index in [1.807, 2.05) is 0 Å². The molecule has 0 aromatic rings. The molecule has 0 radical (unpaired) electrons. The van der Waals surface area contributed by atoms with Crippen LogP contribution in [0, 0.1) is 5.41 Å². The van der Waals surface area contributed by atoms with Crippen LogP contribution < -0.4 is 0 Å². The SMILES string of the molecule is O=S(=O)(F)N1CCC2(CC1)CC2. The average Bonchev–Trinajstić information content (AvgIpc) is 2.68. The predicted molar refractivity (Wildman–Crippen MR) is 42.5 cm³/mol. The molecule has 0 unspecified atom stereocenters. The lowest BCUT2D eigenvalue weighted by Crippen LogP contribution is -2.36. The topological polar surface area (TPSA) is 37.4 Å². The monoisotopic (exact) mass is 193 g/mol. The van der Waals surface area contributed by atoms with E-state index in [0.717, 1.165) is 17.1 Å². The van der Waals surface area contributed by atoms with Crippen LogP contribution in [0.25, 0.3) is 0 Å². The molecule has 0 aromatic heterocycles. The highest BCUT2D eigenvalue weighted by molar-refractivity contribution is 7.83. The van der Waals surface area contributed by atoms with Gasteiger partial charge in [0.2, 0.25) is 0 Å². The van der Waals surface area contributed by atoms with Crippen LogP contribution >= 0.6 is 0 Å². The fourth-order valence-electron chi connectivity index (χ4n) is 1.86. The van der Waals surface area contributed by atoms with Gasteiger partial charge in [0.25, 0.3) is 0 Å². The molecule has 0 bridgehead atoms. The Morgan fingerprint density at radius 1 is 1.08 bits per heavy atom. The Morgan fingerprint density at radius 2 is 1.58 bits per heavy atom. The Bertz CT molecular complexity index is 274. The number of hydrogen-bond donors (Lipinski definition) is 0. The van der Waals surface area contributed by atoms with E-state index in [4.69, 9.17) is 0 Å². The van der Waals surface area contributed by atoms with Gasteiger partial charge in [0, 0.05) is 13.1 Å². The third-order valence-electron chi connectivity index (χ3n) is 3.05. The average molecular weight is 193 g/mol. The third kappa shape index (κ3) is 1.47. The van der Waals surface area contributed by atoms with Crippen molar-refractivity contribution >= 4 is 10.4 Å². The van der Waals surface area contributed by atoms with Gasteiger partial charge in [-0.2, -0.15) is 12.7 Å². The summed E-state index contributed by atoms with van der Waals surface area (Å²) in [5.74, 6) is 0. The molecule has 1 aliphatic carbocycles. The highest BCUT2D eigenvalue weighted by Crippen LogP contribution is 2.53. The quantitative estimate of drug-likeness (QED) is 0.584. The minimum absolute atomic E-state index is 0.374. The molecule has 2 rings (SSSR count). The summed E-state index contributed by atoms with van der Waals surface area (Å²) in [6.45, 7) is 0.748. The van der Waals surface area contributed by atoms with Crippen molar-refractivity contribution in [2.45, 2.75) is 25.7 Å². The molecule has 0 aromatic carbocycles. The molecule has 1 aliphatic heterocycles. The smallest absolute Gasteiger partial charge is 0.177 e. The Hall–Kier alpha value is -0.160. The van der Waals surface area contributed by atoms with Crippen LogP contribution in [0.15, 0.2) is 0 Å². The highest BCUT2D eigenvalue weighted by atomic mass is 32.3. The number of piperidine rings is 1. The molecular formula is C7H12FNO2S. The van der Waals surface area contributed by atoms with Crippen molar-refractivity contribution in [1.29, 1.82) is 0 Å². The van der Waals surface area contributed by atoms with Crippen LogP contribution in [0.2, 0.25) is 0 Å². The fourth-order valence-corrected chi connectivity index (χ4v) is 2.47. The maximum Gasteiger partial charge on any atom is 0.374 e. The summed E-state index contributed by atoms with van der Waals surface area (Å²) in [4.78, 5) is 0. The summed E-state index contributed by atoms with van der Waals surface area (Å²) in [7, 11) is -4.41. The van der Waals surface area contributed by atoms with Crippen LogP contribution in [-0.4, -0.2) is 25.8 Å². The largest absolute Gasteiger partial charge is 0.374 e. The fraction of sp³-hybridized carbons (Fsp3) is 1.00. The molecule has 3 nitrogen and oxygen atoms in total. The summed E-state index contributed by atoms with van der Waals surface area (Å²) in [6.07, 6.45) is 4.09. The first-order valence-electron chi connectivity index (χ1n) is 4.22. The van der Waals surface area contributed by atoms with Gasteiger partial charge in [-0.25, -0.2) is 0 Å². The second-order valence-corrected chi connectivity index (χ2v) is 5.18. The molecular weight excluding hydrogens is 181 g/mol. The summed E-state index contributed by atoms with van der Waals surface area (Å²) >= 11 is 0. The standard InChI is InChI=1S/C7H12FNO2S/c8-12(10,11)9-5-3-7(1-2-7)4-6-9/h1-6H2. The van der Waals surface area contributed by atoms with Gasteiger partial charge in [-0.15, -0.1) is 0 Å². The Kier molecular flexibility index (Phi) is 1.70. The van der Waals surface area contributed by atoms with Crippen LogP contribution in [-0.2, 0) is 10.4 Å². The Labute approximate surface area is 71.9 Å². The number of hydrogen-bond acceptors (Lipinski definition) is 2. The molecule has 1 spiro atoms. The second-order valence-electron chi connectivity index (χ2n) is 3.84. The molecule has 0 amide bonds. The first-order valence-corrected chi connectivity index (χ1v) is 5.56. The lowest BCUT2D eigenvalue weighted by Gasteiger charge is -2.28. The molecule has 1 saturated heterocycles. The molecule has 70 valence electrons. The Morgan fingerprint density at radius 3 is 1.92 bits per heavy atom. The van der Waals surface area contributed by atoms with E-state index in [0.29, 0.717) is 18.5 Å². The molecule has 5 heteroatoms. The van der Waals surface area contributed by atoms with Gasteiger partial charge < -0.3 is 0 Å². The van der Waals surface area contributed by atoms with E-state index in [2.05, 4.69) is 0 Å². The zero-order chi connectivity index (χ0) is 8.82. The van der Waals surface area contributed by atoms with Crippen molar-refractivity contribution in [2.75, 3.05) is 13.1 Å². The van der Waals surface area contributed by atoms with Gasteiger partial charge >= 0.3 is 10.4 Å². The Balaban J connectivity index is 1.99. The van der Waals surface area contributed by atoms with Crippen molar-refractivity contribution in [2.24, 2.45) is 5.41 Å². The lowest BCUT2D eigenvalue weighted by atomic mass is 9.95. The van der Waals surface area contributed by atoms with Crippen LogP contribution in [0.4, 0.5) is 3.89 Å². The van der Waals surface area contributed by atoms with E-state index in [9.17, 15) is 12.3 Å². The van der Waals surface area contributed by atoms with E-state index < -0.39 is 10.4 Å². The number of rotatable bonds is 1. The van der Waals surface area contributed by atoms with Crippen molar-refractivity contribution in [3.8, 4) is 0 Å². The maximum absolute atomic E-state index is 12.4. The first-order chi connectivity index (χ1) is 5.52. The number of nitrogens with zero attached hydrogens (tertiary/aromatic N) is 1. The molecule has 0 atom stereocenters. The van der Waals surface area contributed by atoms with E-state index >= 15 is 0 Å². The molecule has 1 heterocycles. The van der Waals surface area contributed by atoms with Crippen molar-refractivity contribution in [3.05, 3.63) is 0 Å². The molecule has 2 aliphatic rings. The maximum atomic E-state index is 12.4. The molecule has 1 saturated carbocycles. The number of halogens is 1. The minimum Gasteiger partial charge on any atom is -0.177 e. The van der Waals surface area contributed by atoms with Crippen LogP contribution in [0.3, 0.4) is 0 Å². The first kappa shape index (κ1) is 8.44. The molecule has 2 fully saturated rings. The van der Waals surface area contributed by atoms with Gasteiger partial charge in [0.1, 0.15) is 0 Å². The van der Waals surface area contributed by atoms with Crippen molar-refractivity contribution < 1.29 is 12.3 Å². The van der Waals surface area contributed by atoms with Crippen LogP contribution in [0.1, 0.15) is 25.7 Å². The van der Waals surface area contributed by atoms with Crippen molar-refractivity contribution in [1.82, 2.24) is 4.31 Å². The zero-order valence-corrected chi connectivity index (χ0v) is 7.61. The van der Waals surface area contributed by atoms with Gasteiger partial charge in [-0.1, -0.05) is 3.89 Å². The zero-order valence-electron chi connectivity index (χ0n) is 6.79. The normalized spacial score (nSPS) is 29.1. The molecule has 0 N–H and O–H groups in total. The summed E-state index contributed by atoms with van der Waals surface area (Å²) in [6, 6.07) is 0. The highest BCUT2D eigenvalue weighted by Gasteiger charge is 2.46. The van der Waals surface area contributed by atoms with E-state index in [1.54, 1.807) is 0 Å².